The average molecular weight is 153 g/mol. The molecule has 0 rings (SSSR count). The van der Waals surface area contributed by atoms with Gasteiger partial charge < -0.3 is 0 Å². The van der Waals surface area contributed by atoms with Crippen molar-refractivity contribution in [2.75, 3.05) is 0 Å². The van der Waals surface area contributed by atoms with E-state index < -0.39 is 0 Å². The maximum Gasteiger partial charge on any atom is 0.0558 e. The van der Waals surface area contributed by atoms with Crippen LogP contribution in [0.1, 0.15) is 13.3 Å². The first-order chi connectivity index (χ1) is 4.85. The highest BCUT2D eigenvalue weighted by molar-refractivity contribution is 6.59. The molecule has 0 unspecified atom stereocenters. The van der Waals surface area contributed by atoms with E-state index in [1.165, 1.54) is 24.6 Å². The van der Waals surface area contributed by atoms with Crippen LogP contribution in [-0.4, -0.2) is 8.80 Å². The summed E-state index contributed by atoms with van der Waals surface area (Å²) < 4.78 is 0. The van der Waals surface area contributed by atoms with Gasteiger partial charge in [-0.05, 0) is 12.1 Å². The summed E-state index contributed by atoms with van der Waals surface area (Å²) in [6, 6.07) is 3.89. The minimum atomic E-state index is -0.133. The van der Waals surface area contributed by atoms with Crippen molar-refractivity contribution in [3.63, 3.8) is 0 Å². The Kier molecular flexibility index (Phi) is 6.61. The van der Waals surface area contributed by atoms with Crippen LogP contribution in [0.3, 0.4) is 0 Å². The second-order valence-electron chi connectivity index (χ2n) is 2.49. The van der Waals surface area contributed by atoms with Crippen molar-refractivity contribution in [1.29, 1.82) is 0 Å². The third kappa shape index (κ3) is 4.56. The Morgan fingerprint density at radius 3 is 2.00 bits per heavy atom. The molecule has 0 N–H and O–H groups in total. The summed E-state index contributed by atoms with van der Waals surface area (Å²) in [6.45, 7) is 9.76. The highest BCUT2D eigenvalue weighted by Crippen LogP contribution is 2.08. The molecule has 0 spiro atoms. The molecule has 0 saturated heterocycles. The van der Waals surface area contributed by atoms with Crippen molar-refractivity contribution < 1.29 is 0 Å². The lowest BCUT2D eigenvalue weighted by atomic mass is 10.6. The molecule has 0 nitrogen and oxygen atoms in total. The lowest BCUT2D eigenvalue weighted by molar-refractivity contribution is 1.05. The molecule has 0 bridgehead atoms. The smallest absolute Gasteiger partial charge is 0.0558 e. The van der Waals surface area contributed by atoms with Crippen LogP contribution in [0.5, 0.6) is 0 Å². The van der Waals surface area contributed by atoms with E-state index in [0.717, 1.165) is 0 Å². The van der Waals surface area contributed by atoms with Crippen molar-refractivity contribution >= 4 is 8.80 Å². The topological polar surface area (TPSA) is 0 Å². The van der Waals surface area contributed by atoms with Gasteiger partial charge in [-0.25, -0.2) is 0 Å². The van der Waals surface area contributed by atoms with E-state index in [1.54, 1.807) is 0 Å². The largest absolute Gasteiger partial charge is 0.103 e. The van der Waals surface area contributed by atoms with E-state index in [1.807, 2.05) is 12.2 Å². The molecule has 0 fully saturated rings. The van der Waals surface area contributed by atoms with Gasteiger partial charge in [0.05, 0.1) is 8.80 Å². The molecule has 0 aliphatic carbocycles. The standard InChI is InChI=1S/C9H17Si/c1-4-7-10(8-5-2)9-6-3/h4-5H,1-2,6-9H2,3H3. The Hall–Kier alpha value is -0.303. The summed E-state index contributed by atoms with van der Waals surface area (Å²) in [4.78, 5) is 0. The molecule has 0 aliphatic heterocycles. The monoisotopic (exact) mass is 153 g/mol. The molecule has 0 aliphatic rings. The number of hydrogen-bond donors (Lipinski definition) is 0. The first-order valence-corrected chi connectivity index (χ1v) is 6.02. The van der Waals surface area contributed by atoms with Crippen molar-refractivity contribution in [3.8, 4) is 0 Å². The zero-order valence-corrected chi connectivity index (χ0v) is 7.90. The summed E-state index contributed by atoms with van der Waals surface area (Å²) in [5, 5.41) is 0. The van der Waals surface area contributed by atoms with Crippen LogP contribution in [0.2, 0.25) is 18.1 Å². The fourth-order valence-electron chi connectivity index (χ4n) is 1.05. The van der Waals surface area contributed by atoms with Crippen molar-refractivity contribution in [1.82, 2.24) is 0 Å². The van der Waals surface area contributed by atoms with E-state index in [2.05, 4.69) is 20.1 Å². The predicted molar refractivity (Wildman–Crippen MR) is 50.9 cm³/mol. The first kappa shape index (κ1) is 9.70. The Balaban J connectivity index is 3.48. The van der Waals surface area contributed by atoms with Crippen molar-refractivity contribution in [3.05, 3.63) is 25.3 Å². The number of hydrogen-bond acceptors (Lipinski definition) is 0. The summed E-state index contributed by atoms with van der Waals surface area (Å²) in [5.41, 5.74) is 0. The molecule has 1 heteroatoms. The van der Waals surface area contributed by atoms with Crippen LogP contribution in [0, 0.1) is 0 Å². The fraction of sp³-hybridized carbons (Fsp3) is 0.556. The molecule has 0 heterocycles. The van der Waals surface area contributed by atoms with Gasteiger partial charge in [0.2, 0.25) is 0 Å². The van der Waals surface area contributed by atoms with Gasteiger partial charge in [-0.1, -0.05) is 31.5 Å². The van der Waals surface area contributed by atoms with Gasteiger partial charge in [0.25, 0.3) is 0 Å². The highest BCUT2D eigenvalue weighted by Gasteiger charge is 2.04. The van der Waals surface area contributed by atoms with Gasteiger partial charge in [0.15, 0.2) is 0 Å². The third-order valence-electron chi connectivity index (χ3n) is 1.47. The van der Waals surface area contributed by atoms with Crippen LogP contribution in [0.15, 0.2) is 25.3 Å². The lowest BCUT2D eigenvalue weighted by Gasteiger charge is -2.07. The molecule has 0 aromatic heterocycles. The second kappa shape index (κ2) is 6.81. The van der Waals surface area contributed by atoms with E-state index >= 15 is 0 Å². The summed E-state index contributed by atoms with van der Waals surface area (Å²) in [5.74, 6) is 0. The molecule has 0 aromatic carbocycles. The summed E-state index contributed by atoms with van der Waals surface area (Å²) in [6.07, 6.45) is 5.41. The van der Waals surface area contributed by atoms with E-state index in [-0.39, 0.29) is 8.80 Å². The molecule has 10 heavy (non-hydrogen) atoms. The maximum atomic E-state index is 3.76. The van der Waals surface area contributed by atoms with Crippen molar-refractivity contribution in [2.45, 2.75) is 31.5 Å². The zero-order valence-electron chi connectivity index (χ0n) is 6.90. The molecule has 1 radical (unpaired) electrons. The summed E-state index contributed by atoms with van der Waals surface area (Å²) >= 11 is 0. The molecule has 0 aromatic rings. The Bertz CT molecular complexity index is 86.9. The maximum absolute atomic E-state index is 3.76. The van der Waals surface area contributed by atoms with E-state index in [0.29, 0.717) is 0 Å². The van der Waals surface area contributed by atoms with Crippen LogP contribution < -0.4 is 0 Å². The van der Waals surface area contributed by atoms with Gasteiger partial charge in [-0.3, -0.25) is 0 Å². The number of allylic oxidation sites excluding steroid dienone is 2. The van der Waals surface area contributed by atoms with Crippen LogP contribution >= 0.6 is 0 Å². The Morgan fingerprint density at radius 1 is 1.20 bits per heavy atom. The highest BCUT2D eigenvalue weighted by atomic mass is 28.3. The summed E-state index contributed by atoms with van der Waals surface area (Å²) in [7, 11) is -0.133. The second-order valence-corrected chi connectivity index (χ2v) is 5.30. The van der Waals surface area contributed by atoms with Gasteiger partial charge in [0.1, 0.15) is 0 Å². The first-order valence-electron chi connectivity index (χ1n) is 3.90. The normalized spacial score (nSPS) is 9.80. The van der Waals surface area contributed by atoms with Gasteiger partial charge in [-0.15, -0.1) is 13.2 Å². The predicted octanol–water partition coefficient (Wildman–Crippen LogP) is 3.26. The Morgan fingerprint density at radius 2 is 1.70 bits per heavy atom. The van der Waals surface area contributed by atoms with Gasteiger partial charge >= 0.3 is 0 Å². The minimum absolute atomic E-state index is 0.133. The molecule has 57 valence electrons. The molecule has 0 amide bonds. The third-order valence-corrected chi connectivity index (χ3v) is 4.41. The number of rotatable bonds is 6. The van der Waals surface area contributed by atoms with Crippen LogP contribution in [0.25, 0.3) is 0 Å². The molecular formula is C9H17Si. The molecule has 0 atom stereocenters. The zero-order chi connectivity index (χ0) is 7.82. The van der Waals surface area contributed by atoms with Crippen molar-refractivity contribution in [2.24, 2.45) is 0 Å². The minimum Gasteiger partial charge on any atom is -0.103 e. The van der Waals surface area contributed by atoms with Gasteiger partial charge in [-0.2, -0.15) is 0 Å². The van der Waals surface area contributed by atoms with E-state index in [4.69, 9.17) is 0 Å². The average Bonchev–Trinajstić information content (AvgIpc) is 1.90. The lowest BCUT2D eigenvalue weighted by Crippen LogP contribution is -2.07. The molecule has 0 saturated carbocycles. The fourth-order valence-corrected chi connectivity index (χ4v) is 3.15. The Labute approximate surface area is 66.3 Å². The van der Waals surface area contributed by atoms with E-state index in [9.17, 15) is 0 Å². The van der Waals surface area contributed by atoms with Gasteiger partial charge in [0, 0.05) is 0 Å². The van der Waals surface area contributed by atoms with Crippen LogP contribution in [-0.2, 0) is 0 Å². The van der Waals surface area contributed by atoms with Crippen LogP contribution in [0.4, 0.5) is 0 Å². The molecular weight excluding hydrogens is 136 g/mol. The SMILES string of the molecule is C=CC[Si](CC=C)CCC. The quantitative estimate of drug-likeness (QED) is 0.406.